The predicted octanol–water partition coefficient (Wildman–Crippen LogP) is 2.13. The molecule has 0 spiro atoms. The Labute approximate surface area is 164 Å². The molecule has 0 unspecified atom stereocenters. The van der Waals surface area contributed by atoms with Gasteiger partial charge in [0.2, 0.25) is 0 Å². The highest BCUT2D eigenvalue weighted by atomic mass is 16.5. The third kappa shape index (κ3) is 3.62. The molecule has 1 aromatic carbocycles. The number of methoxy groups -OCH3 is 2. The van der Waals surface area contributed by atoms with Gasteiger partial charge in [-0.15, -0.1) is 0 Å². The van der Waals surface area contributed by atoms with E-state index in [4.69, 9.17) is 14.2 Å². The van der Waals surface area contributed by atoms with Crippen LogP contribution >= 0.6 is 0 Å². The number of rotatable bonds is 4. The molecule has 148 valence electrons. The minimum absolute atomic E-state index is 0.0473. The molecule has 0 bridgehead atoms. The average Bonchev–Trinajstić information content (AvgIpc) is 2.78. The number of aromatic nitrogens is 1. The lowest BCUT2D eigenvalue weighted by atomic mass is 9.98. The quantitative estimate of drug-likeness (QED) is 0.806. The number of hydrogen-bond donors (Lipinski definition) is 0. The molecule has 0 aliphatic carbocycles. The molecular weight excluding hydrogens is 358 g/mol. The minimum atomic E-state index is -0.0473. The first-order valence-electron chi connectivity index (χ1n) is 9.51. The van der Waals surface area contributed by atoms with Crippen molar-refractivity contribution in [1.29, 1.82) is 0 Å². The summed E-state index contributed by atoms with van der Waals surface area (Å²) >= 11 is 0. The second-order valence-electron chi connectivity index (χ2n) is 6.95. The van der Waals surface area contributed by atoms with E-state index in [0.717, 1.165) is 49.7 Å². The summed E-state index contributed by atoms with van der Waals surface area (Å²) < 4.78 is 16.2. The number of anilines is 1. The highest BCUT2D eigenvalue weighted by Crippen LogP contribution is 2.33. The first kappa shape index (κ1) is 18.6. The van der Waals surface area contributed by atoms with Crippen LogP contribution in [0.5, 0.6) is 11.5 Å². The second-order valence-corrected chi connectivity index (χ2v) is 6.95. The Hall–Kier alpha value is -2.80. The van der Waals surface area contributed by atoms with Crippen molar-refractivity contribution in [2.45, 2.75) is 13.0 Å². The highest BCUT2D eigenvalue weighted by molar-refractivity contribution is 5.92. The van der Waals surface area contributed by atoms with Crippen LogP contribution in [0.3, 0.4) is 0 Å². The molecule has 1 fully saturated rings. The first-order chi connectivity index (χ1) is 13.7. The van der Waals surface area contributed by atoms with Gasteiger partial charge in [-0.1, -0.05) is 0 Å². The maximum Gasteiger partial charge on any atom is 0.272 e. The van der Waals surface area contributed by atoms with E-state index in [-0.39, 0.29) is 5.91 Å². The molecule has 2 aliphatic heterocycles. The van der Waals surface area contributed by atoms with Gasteiger partial charge in [-0.25, -0.2) is 4.98 Å². The number of ether oxygens (including phenoxy) is 3. The number of carbonyl (C=O) groups excluding carboxylic acids is 1. The molecule has 4 rings (SSSR count). The van der Waals surface area contributed by atoms with Gasteiger partial charge in [-0.05, 0) is 41.8 Å². The predicted molar refractivity (Wildman–Crippen MR) is 105 cm³/mol. The number of hydrogen-bond acceptors (Lipinski definition) is 6. The van der Waals surface area contributed by atoms with E-state index in [1.807, 2.05) is 29.2 Å². The van der Waals surface area contributed by atoms with Gasteiger partial charge in [-0.3, -0.25) is 4.79 Å². The zero-order valence-corrected chi connectivity index (χ0v) is 16.3. The number of pyridine rings is 1. The molecule has 1 saturated heterocycles. The second kappa shape index (κ2) is 8.06. The van der Waals surface area contributed by atoms with Crippen molar-refractivity contribution < 1.29 is 19.0 Å². The number of nitrogens with zero attached hydrogens (tertiary/aromatic N) is 3. The Balaban J connectivity index is 1.48. The lowest BCUT2D eigenvalue weighted by Gasteiger charge is -2.30. The Bertz CT molecular complexity index is 847. The third-order valence-electron chi connectivity index (χ3n) is 5.35. The lowest BCUT2D eigenvalue weighted by Crippen LogP contribution is -2.37. The van der Waals surface area contributed by atoms with Gasteiger partial charge in [-0.2, -0.15) is 0 Å². The SMILES string of the molecule is COc1cc2c(cc1OC)CN(C(=O)c1ccc(N3CCOCC3)cn1)CC2. The van der Waals surface area contributed by atoms with Crippen molar-refractivity contribution in [3.05, 3.63) is 47.3 Å². The molecular formula is C21H25N3O4. The third-order valence-corrected chi connectivity index (χ3v) is 5.35. The van der Waals surface area contributed by atoms with Gasteiger partial charge in [0.05, 0.1) is 39.3 Å². The summed E-state index contributed by atoms with van der Waals surface area (Å²) in [6.07, 6.45) is 2.57. The first-order valence-corrected chi connectivity index (χ1v) is 9.51. The zero-order valence-electron chi connectivity index (χ0n) is 16.3. The van der Waals surface area contributed by atoms with E-state index in [1.165, 1.54) is 5.56 Å². The molecule has 7 nitrogen and oxygen atoms in total. The van der Waals surface area contributed by atoms with Crippen molar-refractivity contribution in [1.82, 2.24) is 9.88 Å². The van der Waals surface area contributed by atoms with Crippen LogP contribution in [-0.4, -0.2) is 62.9 Å². The fraction of sp³-hybridized carbons (Fsp3) is 0.429. The maximum atomic E-state index is 12.9. The number of morpholine rings is 1. The maximum absolute atomic E-state index is 12.9. The normalized spacial score (nSPS) is 16.5. The van der Waals surface area contributed by atoms with Gasteiger partial charge < -0.3 is 24.0 Å². The summed E-state index contributed by atoms with van der Waals surface area (Å²) in [6, 6.07) is 7.75. The monoisotopic (exact) mass is 383 g/mol. The summed E-state index contributed by atoms with van der Waals surface area (Å²) in [4.78, 5) is 21.4. The Kier molecular flexibility index (Phi) is 5.34. The number of fused-ring (bicyclic) bond motifs is 1. The van der Waals surface area contributed by atoms with Gasteiger partial charge in [0.15, 0.2) is 11.5 Å². The summed E-state index contributed by atoms with van der Waals surface area (Å²) in [7, 11) is 3.26. The molecule has 3 heterocycles. The van der Waals surface area contributed by atoms with Crippen molar-refractivity contribution in [3.63, 3.8) is 0 Å². The molecule has 1 amide bonds. The van der Waals surface area contributed by atoms with Crippen LogP contribution in [0.25, 0.3) is 0 Å². The molecule has 0 atom stereocenters. The van der Waals surface area contributed by atoms with E-state index in [0.29, 0.717) is 24.5 Å². The fourth-order valence-corrected chi connectivity index (χ4v) is 3.74. The highest BCUT2D eigenvalue weighted by Gasteiger charge is 2.24. The molecule has 7 heteroatoms. The lowest BCUT2D eigenvalue weighted by molar-refractivity contribution is 0.0728. The molecule has 0 radical (unpaired) electrons. The topological polar surface area (TPSA) is 64.1 Å². The minimum Gasteiger partial charge on any atom is -0.493 e. The van der Waals surface area contributed by atoms with Crippen LogP contribution in [0.1, 0.15) is 21.6 Å². The van der Waals surface area contributed by atoms with Gasteiger partial charge in [0.1, 0.15) is 5.69 Å². The Morgan fingerprint density at radius 2 is 1.75 bits per heavy atom. The van der Waals surface area contributed by atoms with Crippen LogP contribution in [0.4, 0.5) is 5.69 Å². The van der Waals surface area contributed by atoms with E-state index >= 15 is 0 Å². The van der Waals surface area contributed by atoms with Gasteiger partial charge in [0, 0.05) is 26.2 Å². The van der Waals surface area contributed by atoms with Crippen molar-refractivity contribution >= 4 is 11.6 Å². The van der Waals surface area contributed by atoms with Crippen molar-refractivity contribution in [2.75, 3.05) is 52.0 Å². The van der Waals surface area contributed by atoms with Crippen LogP contribution in [0.15, 0.2) is 30.5 Å². The zero-order chi connectivity index (χ0) is 19.5. The van der Waals surface area contributed by atoms with E-state index in [2.05, 4.69) is 9.88 Å². The summed E-state index contributed by atoms with van der Waals surface area (Å²) in [6.45, 7) is 4.35. The number of benzene rings is 1. The van der Waals surface area contributed by atoms with E-state index < -0.39 is 0 Å². The van der Waals surface area contributed by atoms with E-state index in [1.54, 1.807) is 20.4 Å². The molecule has 1 aromatic heterocycles. The Morgan fingerprint density at radius 1 is 1.04 bits per heavy atom. The van der Waals surface area contributed by atoms with Gasteiger partial charge in [0.25, 0.3) is 5.91 Å². The molecule has 2 aromatic rings. The van der Waals surface area contributed by atoms with E-state index in [9.17, 15) is 4.79 Å². The fourth-order valence-electron chi connectivity index (χ4n) is 3.74. The van der Waals surface area contributed by atoms with Crippen LogP contribution in [0.2, 0.25) is 0 Å². The van der Waals surface area contributed by atoms with Crippen LogP contribution < -0.4 is 14.4 Å². The summed E-state index contributed by atoms with van der Waals surface area (Å²) in [5.41, 5.74) is 3.78. The average molecular weight is 383 g/mol. The Morgan fingerprint density at radius 3 is 2.39 bits per heavy atom. The largest absolute Gasteiger partial charge is 0.493 e. The van der Waals surface area contributed by atoms with Crippen molar-refractivity contribution in [3.8, 4) is 11.5 Å². The summed E-state index contributed by atoms with van der Waals surface area (Å²) in [5.74, 6) is 1.36. The van der Waals surface area contributed by atoms with Crippen LogP contribution in [-0.2, 0) is 17.7 Å². The molecule has 28 heavy (non-hydrogen) atoms. The van der Waals surface area contributed by atoms with Gasteiger partial charge >= 0.3 is 0 Å². The molecule has 2 aliphatic rings. The number of carbonyl (C=O) groups is 1. The number of amides is 1. The standard InChI is InChI=1S/C21H25N3O4/c1-26-19-11-15-5-6-24(14-16(15)12-20(19)27-2)21(25)18-4-3-17(13-22-18)23-7-9-28-10-8-23/h3-4,11-13H,5-10,14H2,1-2H3. The summed E-state index contributed by atoms with van der Waals surface area (Å²) in [5, 5.41) is 0. The smallest absolute Gasteiger partial charge is 0.272 e. The van der Waals surface area contributed by atoms with Crippen LogP contribution in [0, 0.1) is 0 Å². The molecule has 0 saturated carbocycles. The molecule has 0 N–H and O–H groups in total. The van der Waals surface area contributed by atoms with Crippen molar-refractivity contribution in [2.24, 2.45) is 0 Å².